The number of aryl methyl sites for hydroxylation is 1. The molecule has 22 heavy (non-hydrogen) atoms. The summed E-state index contributed by atoms with van der Waals surface area (Å²) in [5, 5.41) is 2.68. The van der Waals surface area contributed by atoms with Gasteiger partial charge >= 0.3 is 6.03 Å². The van der Waals surface area contributed by atoms with Gasteiger partial charge in [-0.1, -0.05) is 0 Å². The van der Waals surface area contributed by atoms with Gasteiger partial charge in [0.05, 0.1) is 11.9 Å². The molecule has 1 N–H and O–H groups in total. The van der Waals surface area contributed by atoms with E-state index < -0.39 is 5.95 Å². The van der Waals surface area contributed by atoms with Crippen LogP contribution in [0.5, 0.6) is 0 Å². The number of likely N-dealkylation sites (N-methyl/N-ethyl adjacent to an activating group) is 1. The number of rotatable bonds is 4. The Labute approximate surface area is 129 Å². The van der Waals surface area contributed by atoms with Crippen LogP contribution < -0.4 is 5.32 Å². The quantitative estimate of drug-likeness (QED) is 0.883. The molecular formula is C16H19FN4O. The van der Waals surface area contributed by atoms with E-state index in [-0.39, 0.29) is 12.1 Å². The molecular weight excluding hydrogens is 283 g/mol. The molecule has 0 aliphatic rings. The second-order valence-electron chi connectivity index (χ2n) is 5.29. The third-order valence-electron chi connectivity index (χ3n) is 3.44. The number of halogens is 1. The summed E-state index contributed by atoms with van der Waals surface area (Å²) < 4.78 is 12.7. The summed E-state index contributed by atoms with van der Waals surface area (Å²) in [6.45, 7) is 3.96. The molecule has 1 atom stereocenters. The molecule has 2 aromatic rings. The molecule has 0 bridgehead atoms. The highest BCUT2D eigenvalue weighted by Gasteiger charge is 2.17. The first-order chi connectivity index (χ1) is 10.5. The van der Waals surface area contributed by atoms with Crippen molar-refractivity contribution in [2.24, 2.45) is 0 Å². The Bertz CT molecular complexity index is 645. The minimum atomic E-state index is -0.578. The van der Waals surface area contributed by atoms with Crippen molar-refractivity contribution in [1.82, 2.24) is 14.9 Å². The van der Waals surface area contributed by atoms with Crippen LogP contribution in [0.1, 0.15) is 18.2 Å². The molecule has 0 aliphatic heterocycles. The molecule has 0 spiro atoms. The lowest BCUT2D eigenvalue weighted by Gasteiger charge is -2.25. The maximum atomic E-state index is 12.7. The number of nitrogens with one attached hydrogen (secondary N) is 1. The maximum absolute atomic E-state index is 12.7. The van der Waals surface area contributed by atoms with Gasteiger partial charge < -0.3 is 10.2 Å². The van der Waals surface area contributed by atoms with Crippen LogP contribution in [0.3, 0.4) is 0 Å². The highest BCUT2D eigenvalue weighted by Crippen LogP contribution is 2.10. The van der Waals surface area contributed by atoms with E-state index in [1.54, 1.807) is 18.1 Å². The van der Waals surface area contributed by atoms with Gasteiger partial charge in [0.25, 0.3) is 0 Å². The molecule has 0 aromatic carbocycles. The molecule has 2 rings (SSSR count). The van der Waals surface area contributed by atoms with Crippen molar-refractivity contribution in [2.75, 3.05) is 12.4 Å². The van der Waals surface area contributed by atoms with E-state index in [9.17, 15) is 9.18 Å². The Morgan fingerprint density at radius 1 is 1.36 bits per heavy atom. The number of amides is 2. The van der Waals surface area contributed by atoms with Crippen LogP contribution >= 0.6 is 0 Å². The van der Waals surface area contributed by atoms with Crippen LogP contribution in [0.25, 0.3) is 0 Å². The van der Waals surface area contributed by atoms with E-state index in [4.69, 9.17) is 0 Å². The number of aromatic nitrogens is 2. The average molecular weight is 302 g/mol. The summed E-state index contributed by atoms with van der Waals surface area (Å²) in [5.74, 6) is -0.578. The van der Waals surface area contributed by atoms with Crippen molar-refractivity contribution in [2.45, 2.75) is 26.3 Å². The number of anilines is 1. The lowest BCUT2D eigenvalue weighted by atomic mass is 10.1. The van der Waals surface area contributed by atoms with Gasteiger partial charge in [-0.25, -0.2) is 9.78 Å². The summed E-state index contributed by atoms with van der Waals surface area (Å²) >= 11 is 0. The summed E-state index contributed by atoms with van der Waals surface area (Å²) in [5.41, 5.74) is 2.54. The number of carbonyl (C=O) groups excluding carboxylic acids is 1. The van der Waals surface area contributed by atoms with E-state index in [1.165, 1.54) is 18.3 Å². The van der Waals surface area contributed by atoms with Crippen molar-refractivity contribution in [3.8, 4) is 0 Å². The van der Waals surface area contributed by atoms with E-state index in [1.807, 2.05) is 26.0 Å². The first-order valence-electron chi connectivity index (χ1n) is 7.02. The third kappa shape index (κ3) is 4.25. The topological polar surface area (TPSA) is 58.1 Å². The fourth-order valence-corrected chi connectivity index (χ4v) is 2.01. The number of hydrogen-bond donors (Lipinski definition) is 1. The van der Waals surface area contributed by atoms with Crippen molar-refractivity contribution in [3.05, 3.63) is 53.9 Å². The van der Waals surface area contributed by atoms with Gasteiger partial charge in [0.15, 0.2) is 0 Å². The van der Waals surface area contributed by atoms with Gasteiger partial charge in [-0.05, 0) is 43.7 Å². The molecule has 0 fully saturated rings. The molecule has 5 nitrogen and oxygen atoms in total. The monoisotopic (exact) mass is 302 g/mol. The third-order valence-corrected chi connectivity index (χ3v) is 3.44. The second kappa shape index (κ2) is 6.98. The normalized spacial score (nSPS) is 11.8. The van der Waals surface area contributed by atoms with E-state index in [2.05, 4.69) is 15.3 Å². The van der Waals surface area contributed by atoms with Crippen LogP contribution in [0, 0.1) is 12.9 Å². The Kier molecular flexibility index (Phi) is 5.04. The van der Waals surface area contributed by atoms with Crippen LogP contribution in [-0.2, 0) is 6.42 Å². The van der Waals surface area contributed by atoms with Crippen molar-refractivity contribution in [1.29, 1.82) is 0 Å². The Balaban J connectivity index is 1.95. The largest absolute Gasteiger partial charge is 0.324 e. The minimum Gasteiger partial charge on any atom is -0.324 e. The fraction of sp³-hybridized carbons (Fsp3) is 0.312. The second-order valence-corrected chi connectivity index (χ2v) is 5.29. The van der Waals surface area contributed by atoms with Crippen molar-refractivity contribution in [3.63, 3.8) is 0 Å². The number of urea groups is 1. The maximum Gasteiger partial charge on any atom is 0.321 e. The van der Waals surface area contributed by atoms with E-state index in [0.717, 1.165) is 11.3 Å². The van der Waals surface area contributed by atoms with Gasteiger partial charge in [0.2, 0.25) is 5.95 Å². The lowest BCUT2D eigenvalue weighted by molar-refractivity contribution is 0.207. The van der Waals surface area contributed by atoms with Crippen LogP contribution in [0.4, 0.5) is 14.9 Å². The average Bonchev–Trinajstić information content (AvgIpc) is 2.48. The summed E-state index contributed by atoms with van der Waals surface area (Å²) in [7, 11) is 1.72. The zero-order valence-corrected chi connectivity index (χ0v) is 12.9. The summed E-state index contributed by atoms with van der Waals surface area (Å²) in [6.07, 6.45) is 3.71. The fourth-order valence-electron chi connectivity index (χ4n) is 2.01. The van der Waals surface area contributed by atoms with Crippen LogP contribution in [0.2, 0.25) is 0 Å². The summed E-state index contributed by atoms with van der Waals surface area (Å²) in [6, 6.07) is 6.32. The zero-order valence-electron chi connectivity index (χ0n) is 12.9. The lowest BCUT2D eigenvalue weighted by Crippen LogP contribution is -2.39. The van der Waals surface area contributed by atoms with Crippen molar-refractivity contribution < 1.29 is 9.18 Å². The molecule has 0 radical (unpaired) electrons. The number of carbonyl (C=O) groups is 1. The van der Waals surface area contributed by atoms with Gasteiger partial charge in [-0.15, -0.1) is 0 Å². The smallest absolute Gasteiger partial charge is 0.321 e. The van der Waals surface area contributed by atoms with Crippen LogP contribution in [-0.4, -0.2) is 34.0 Å². The minimum absolute atomic E-state index is 0.0253. The SMILES string of the molecule is Cc1ccnc(C[C@H](C)N(C)C(=O)Nc2ccc(F)nc2)c1. The standard InChI is InChI=1S/C16H19FN4O/c1-11-6-7-18-14(8-11)9-12(2)21(3)16(22)20-13-4-5-15(17)19-10-13/h4-8,10,12H,9H2,1-3H3,(H,20,22)/t12-/m0/s1. The molecule has 0 unspecified atom stereocenters. The van der Waals surface area contributed by atoms with Gasteiger partial charge in [-0.2, -0.15) is 4.39 Å². The molecule has 2 amide bonds. The number of pyridine rings is 2. The zero-order chi connectivity index (χ0) is 16.1. The molecule has 0 aliphatic carbocycles. The number of hydrogen-bond acceptors (Lipinski definition) is 3. The first kappa shape index (κ1) is 15.9. The molecule has 2 heterocycles. The van der Waals surface area contributed by atoms with Crippen molar-refractivity contribution >= 4 is 11.7 Å². The van der Waals surface area contributed by atoms with Gasteiger partial charge in [0, 0.05) is 31.4 Å². The molecule has 116 valence electrons. The van der Waals surface area contributed by atoms with Gasteiger partial charge in [0.1, 0.15) is 0 Å². The van der Waals surface area contributed by atoms with Gasteiger partial charge in [-0.3, -0.25) is 4.98 Å². The predicted octanol–water partition coefficient (Wildman–Crippen LogP) is 3.02. The summed E-state index contributed by atoms with van der Waals surface area (Å²) in [4.78, 5) is 21.6. The molecule has 0 saturated heterocycles. The van der Waals surface area contributed by atoms with E-state index >= 15 is 0 Å². The Morgan fingerprint density at radius 2 is 2.14 bits per heavy atom. The molecule has 0 saturated carbocycles. The highest BCUT2D eigenvalue weighted by molar-refractivity contribution is 5.89. The highest BCUT2D eigenvalue weighted by atomic mass is 19.1. The predicted molar refractivity (Wildman–Crippen MR) is 83.1 cm³/mol. The molecule has 2 aromatic heterocycles. The Morgan fingerprint density at radius 3 is 2.77 bits per heavy atom. The first-order valence-corrected chi connectivity index (χ1v) is 7.02. The Hall–Kier alpha value is -2.50. The molecule has 6 heteroatoms. The number of nitrogens with zero attached hydrogens (tertiary/aromatic N) is 3. The van der Waals surface area contributed by atoms with E-state index in [0.29, 0.717) is 12.1 Å². The van der Waals surface area contributed by atoms with Crippen LogP contribution in [0.15, 0.2) is 36.7 Å².